The molecule has 7 heteroatoms. The maximum Gasteiger partial charge on any atom is 0.0934 e. The Morgan fingerprint density at radius 3 is 1.52 bits per heavy atom. The summed E-state index contributed by atoms with van der Waals surface area (Å²) in [5.74, 6) is 0. The van der Waals surface area contributed by atoms with Crippen molar-refractivity contribution in [1.82, 2.24) is 0 Å². The van der Waals surface area contributed by atoms with Crippen LogP contribution in [0.1, 0.15) is 11.1 Å². The van der Waals surface area contributed by atoms with Crippen LogP contribution in [0.3, 0.4) is 0 Å². The molecule has 0 bridgehead atoms. The Kier molecular flexibility index (Phi) is 5.54. The van der Waals surface area contributed by atoms with Crippen LogP contribution in [0.15, 0.2) is 70.9 Å². The van der Waals surface area contributed by atoms with Crippen LogP contribution in [0.4, 0.5) is 0 Å². The lowest BCUT2D eigenvalue weighted by atomic mass is 9.97. The normalized spacial score (nSPS) is 20.6. The summed E-state index contributed by atoms with van der Waals surface area (Å²) in [7, 11) is 0. The molecule has 1 fully saturated rings. The topological polar surface area (TPSA) is 110 Å². The molecular formula is C18H18N6O. The van der Waals surface area contributed by atoms with Crippen LogP contribution >= 0.6 is 0 Å². The molecule has 0 aliphatic carbocycles. The monoisotopic (exact) mass is 334 g/mol. The molecule has 2 aromatic carbocycles. The van der Waals surface area contributed by atoms with Gasteiger partial charge in [0.2, 0.25) is 0 Å². The van der Waals surface area contributed by atoms with Gasteiger partial charge in [-0.1, -0.05) is 70.9 Å². The Hall–Kier alpha value is -2.98. The minimum Gasteiger partial charge on any atom is -0.369 e. The molecule has 1 heterocycles. The average Bonchev–Trinajstić information content (AvgIpc) is 3.43. The molecule has 0 spiro atoms. The summed E-state index contributed by atoms with van der Waals surface area (Å²) in [6.45, 7) is 0. The van der Waals surface area contributed by atoms with E-state index in [1.54, 1.807) is 0 Å². The van der Waals surface area contributed by atoms with E-state index >= 15 is 0 Å². The highest BCUT2D eigenvalue weighted by atomic mass is 16.6. The highest BCUT2D eigenvalue weighted by molar-refractivity contribution is 5.20. The van der Waals surface area contributed by atoms with Gasteiger partial charge in [0, 0.05) is 9.82 Å². The third kappa shape index (κ3) is 4.52. The third-order valence-electron chi connectivity index (χ3n) is 4.30. The van der Waals surface area contributed by atoms with Crippen LogP contribution < -0.4 is 0 Å². The standard InChI is InChI=1S/C18H18N6O/c19-23-21-15(11-13-7-3-1-4-8-13)17-18(25-17)16(22-24-20)12-14-9-5-2-6-10-14/h1-10,15-18H,11-12H2/t15-,16-,17-,18+/m0/s1. The van der Waals surface area contributed by atoms with E-state index in [1.807, 2.05) is 60.7 Å². The van der Waals surface area contributed by atoms with E-state index in [9.17, 15) is 0 Å². The van der Waals surface area contributed by atoms with Crippen molar-refractivity contribution < 1.29 is 4.74 Å². The lowest BCUT2D eigenvalue weighted by Crippen LogP contribution is -2.24. The molecule has 0 aromatic heterocycles. The maximum absolute atomic E-state index is 8.88. The quantitative estimate of drug-likeness (QED) is 0.299. The van der Waals surface area contributed by atoms with Gasteiger partial charge in [-0.3, -0.25) is 0 Å². The number of epoxide rings is 1. The molecule has 1 aliphatic rings. The molecule has 0 N–H and O–H groups in total. The number of ether oxygens (including phenoxy) is 1. The lowest BCUT2D eigenvalue weighted by molar-refractivity contribution is 0.330. The van der Waals surface area contributed by atoms with Gasteiger partial charge < -0.3 is 4.74 Å². The number of rotatable bonds is 8. The van der Waals surface area contributed by atoms with Crippen molar-refractivity contribution in [2.45, 2.75) is 37.1 Å². The van der Waals surface area contributed by atoms with Gasteiger partial charge in [-0.05, 0) is 35.0 Å². The van der Waals surface area contributed by atoms with Gasteiger partial charge in [0.15, 0.2) is 0 Å². The zero-order valence-electron chi connectivity index (χ0n) is 13.6. The Morgan fingerprint density at radius 1 is 0.760 bits per heavy atom. The van der Waals surface area contributed by atoms with Crippen LogP contribution in [-0.2, 0) is 17.6 Å². The fourth-order valence-electron chi connectivity index (χ4n) is 3.04. The molecule has 4 atom stereocenters. The average molecular weight is 334 g/mol. The first-order chi connectivity index (χ1) is 12.3. The molecule has 1 saturated heterocycles. The fourth-order valence-corrected chi connectivity index (χ4v) is 3.04. The molecule has 1 aliphatic heterocycles. The van der Waals surface area contributed by atoms with Gasteiger partial charge in [0.05, 0.1) is 24.3 Å². The number of benzene rings is 2. The fraction of sp³-hybridized carbons (Fsp3) is 0.333. The Labute approximate surface area is 145 Å². The van der Waals surface area contributed by atoms with E-state index in [2.05, 4.69) is 20.1 Å². The molecule has 3 rings (SSSR count). The molecule has 2 aromatic rings. The zero-order chi connectivity index (χ0) is 17.5. The van der Waals surface area contributed by atoms with Gasteiger partial charge in [-0.25, -0.2) is 0 Å². The van der Waals surface area contributed by atoms with Crippen LogP contribution in [0.25, 0.3) is 20.9 Å². The molecule has 0 unspecified atom stereocenters. The molecule has 126 valence electrons. The van der Waals surface area contributed by atoms with Crippen molar-refractivity contribution in [3.63, 3.8) is 0 Å². The summed E-state index contributed by atoms with van der Waals surface area (Å²) in [6.07, 6.45) is 0.742. The maximum atomic E-state index is 8.88. The van der Waals surface area contributed by atoms with Gasteiger partial charge in [-0.2, -0.15) is 0 Å². The number of hydrogen-bond donors (Lipinski definition) is 0. The highest BCUT2D eigenvalue weighted by Gasteiger charge is 2.48. The molecule has 0 saturated carbocycles. The smallest absolute Gasteiger partial charge is 0.0934 e. The second-order valence-electron chi connectivity index (χ2n) is 5.99. The minimum absolute atomic E-state index is 0.227. The predicted octanol–water partition coefficient (Wildman–Crippen LogP) is 4.60. The first kappa shape index (κ1) is 16.9. The summed E-state index contributed by atoms with van der Waals surface area (Å²) in [5, 5.41) is 7.80. The number of nitrogens with zero attached hydrogens (tertiary/aromatic N) is 6. The predicted molar refractivity (Wildman–Crippen MR) is 94.8 cm³/mol. The van der Waals surface area contributed by atoms with Crippen LogP contribution in [0.2, 0.25) is 0 Å². The summed E-state index contributed by atoms with van der Waals surface area (Å²) >= 11 is 0. The largest absolute Gasteiger partial charge is 0.369 e. The van der Waals surface area contributed by atoms with Gasteiger partial charge in [0.1, 0.15) is 0 Å². The zero-order valence-corrected chi connectivity index (χ0v) is 13.6. The van der Waals surface area contributed by atoms with Crippen LogP contribution in [-0.4, -0.2) is 24.3 Å². The van der Waals surface area contributed by atoms with Crippen molar-refractivity contribution in [2.24, 2.45) is 10.2 Å². The minimum atomic E-state index is -0.315. The SMILES string of the molecule is [N-]=[N+]=N[C@@H](Cc1ccccc1)[C@@H]1O[C@@H]1[C@H](Cc1ccccc1)N=[N+]=[N-]. The van der Waals surface area contributed by atoms with E-state index in [-0.39, 0.29) is 24.3 Å². The van der Waals surface area contributed by atoms with E-state index in [4.69, 9.17) is 15.8 Å². The second-order valence-corrected chi connectivity index (χ2v) is 5.99. The van der Waals surface area contributed by atoms with Gasteiger partial charge >= 0.3 is 0 Å². The van der Waals surface area contributed by atoms with Crippen LogP contribution in [0, 0.1) is 0 Å². The third-order valence-corrected chi connectivity index (χ3v) is 4.30. The van der Waals surface area contributed by atoms with Gasteiger partial charge in [0.25, 0.3) is 0 Å². The van der Waals surface area contributed by atoms with Crippen LogP contribution in [0.5, 0.6) is 0 Å². The van der Waals surface area contributed by atoms with Crippen molar-refractivity contribution in [3.05, 3.63) is 92.7 Å². The molecule has 0 radical (unpaired) electrons. The molecule has 0 amide bonds. The summed E-state index contributed by atoms with van der Waals surface area (Å²) < 4.78 is 5.76. The number of hydrogen-bond acceptors (Lipinski definition) is 3. The lowest BCUT2D eigenvalue weighted by Gasteiger charge is -2.11. The van der Waals surface area contributed by atoms with E-state index in [0.717, 1.165) is 11.1 Å². The van der Waals surface area contributed by atoms with Crippen molar-refractivity contribution in [3.8, 4) is 0 Å². The first-order valence-corrected chi connectivity index (χ1v) is 8.13. The molecular weight excluding hydrogens is 316 g/mol. The first-order valence-electron chi connectivity index (χ1n) is 8.13. The Morgan fingerprint density at radius 2 is 1.16 bits per heavy atom. The molecule has 25 heavy (non-hydrogen) atoms. The van der Waals surface area contributed by atoms with E-state index < -0.39 is 0 Å². The summed E-state index contributed by atoms with van der Waals surface area (Å²) in [6, 6.07) is 19.0. The second kappa shape index (κ2) is 8.22. The van der Waals surface area contributed by atoms with E-state index in [0.29, 0.717) is 12.8 Å². The van der Waals surface area contributed by atoms with Gasteiger partial charge in [-0.15, -0.1) is 0 Å². The summed E-state index contributed by atoms with van der Waals surface area (Å²) in [5.41, 5.74) is 19.9. The molecule has 7 nitrogen and oxygen atoms in total. The van der Waals surface area contributed by atoms with E-state index in [1.165, 1.54) is 0 Å². The van der Waals surface area contributed by atoms with Crippen molar-refractivity contribution in [2.75, 3.05) is 0 Å². The Bertz CT molecular complexity index is 716. The highest BCUT2D eigenvalue weighted by Crippen LogP contribution is 2.34. The number of azide groups is 2. The Balaban J connectivity index is 1.70. The van der Waals surface area contributed by atoms with Crippen molar-refractivity contribution in [1.29, 1.82) is 0 Å². The summed E-state index contributed by atoms with van der Waals surface area (Å²) in [4.78, 5) is 5.92. The van der Waals surface area contributed by atoms with Crippen molar-refractivity contribution >= 4 is 0 Å².